The Kier molecular flexibility index (Phi) is 2.80. The third-order valence-corrected chi connectivity index (χ3v) is 2.55. The molecule has 14 heavy (non-hydrogen) atoms. The number of carboxylic acids is 1. The zero-order valence-corrected chi connectivity index (χ0v) is 8.36. The number of likely N-dealkylation sites (tertiary alicyclic amines) is 1. The quantitative estimate of drug-likeness (QED) is 0.601. The molecule has 5 heteroatoms. The summed E-state index contributed by atoms with van der Waals surface area (Å²) in [5.41, 5.74) is -0.339. The molecule has 0 aliphatic carbocycles. The van der Waals surface area contributed by atoms with Crippen LogP contribution in [0.25, 0.3) is 0 Å². The van der Waals surface area contributed by atoms with Gasteiger partial charge in [-0.15, -0.1) is 0 Å². The molecule has 0 spiro atoms. The molecule has 0 saturated carbocycles. The van der Waals surface area contributed by atoms with Crippen LogP contribution in [-0.4, -0.2) is 46.2 Å². The van der Waals surface area contributed by atoms with Gasteiger partial charge in [-0.25, -0.2) is 0 Å². The fourth-order valence-electron chi connectivity index (χ4n) is 1.55. The summed E-state index contributed by atoms with van der Waals surface area (Å²) in [4.78, 5) is 23.0. The Morgan fingerprint density at radius 2 is 2.07 bits per heavy atom. The van der Waals surface area contributed by atoms with Gasteiger partial charge >= 0.3 is 5.97 Å². The van der Waals surface area contributed by atoms with E-state index in [9.17, 15) is 14.7 Å². The minimum absolute atomic E-state index is 0.235. The summed E-state index contributed by atoms with van der Waals surface area (Å²) in [6.07, 6.45) is -1.07. The molecule has 1 heterocycles. The van der Waals surface area contributed by atoms with E-state index in [1.807, 2.05) is 13.8 Å². The molecule has 1 aliphatic rings. The van der Waals surface area contributed by atoms with Gasteiger partial charge in [-0.2, -0.15) is 0 Å². The van der Waals surface area contributed by atoms with Crippen molar-refractivity contribution >= 4 is 11.9 Å². The maximum Gasteiger partial charge on any atom is 0.312 e. The van der Waals surface area contributed by atoms with Gasteiger partial charge in [0.1, 0.15) is 6.42 Å². The highest BCUT2D eigenvalue weighted by Crippen LogP contribution is 2.29. The number of carbonyl (C=O) groups is 2. The number of aliphatic hydroxyl groups is 1. The number of nitrogens with zero attached hydrogens (tertiary/aromatic N) is 1. The van der Waals surface area contributed by atoms with Gasteiger partial charge in [0.2, 0.25) is 5.91 Å². The summed E-state index contributed by atoms with van der Waals surface area (Å²) in [6.45, 7) is 4.36. The number of hydrogen-bond donors (Lipinski definition) is 2. The number of carbonyl (C=O) groups excluding carboxylic acids is 1. The lowest BCUT2D eigenvalue weighted by atomic mass is 9.90. The first kappa shape index (κ1) is 11.0. The summed E-state index contributed by atoms with van der Waals surface area (Å²) < 4.78 is 0. The standard InChI is InChI=1S/C9H15NO4/c1-9(2)5-10(4-6(9)11)7(12)3-8(13)14/h6,11H,3-5H2,1-2H3,(H,13,14). The molecular formula is C9H15NO4. The van der Waals surface area contributed by atoms with Crippen molar-refractivity contribution < 1.29 is 19.8 Å². The molecule has 80 valence electrons. The molecule has 0 radical (unpaired) electrons. The van der Waals surface area contributed by atoms with E-state index < -0.39 is 24.4 Å². The van der Waals surface area contributed by atoms with Gasteiger partial charge in [-0.05, 0) is 0 Å². The Bertz CT molecular complexity index is 262. The summed E-state index contributed by atoms with van der Waals surface area (Å²) >= 11 is 0. The maximum atomic E-state index is 11.3. The van der Waals surface area contributed by atoms with Crippen molar-refractivity contribution in [3.05, 3.63) is 0 Å². The Morgan fingerprint density at radius 3 is 2.43 bits per heavy atom. The third-order valence-electron chi connectivity index (χ3n) is 2.55. The average Bonchev–Trinajstić information content (AvgIpc) is 2.25. The van der Waals surface area contributed by atoms with Crippen LogP contribution in [0.15, 0.2) is 0 Å². The molecule has 5 nitrogen and oxygen atoms in total. The highest BCUT2D eigenvalue weighted by molar-refractivity contribution is 5.93. The number of rotatable bonds is 2. The maximum absolute atomic E-state index is 11.3. The molecule has 0 bridgehead atoms. The monoisotopic (exact) mass is 201 g/mol. The van der Waals surface area contributed by atoms with Crippen LogP contribution in [0, 0.1) is 5.41 Å². The fourth-order valence-corrected chi connectivity index (χ4v) is 1.55. The first-order valence-corrected chi connectivity index (χ1v) is 4.50. The Balaban J connectivity index is 2.57. The number of amides is 1. The van der Waals surface area contributed by atoms with E-state index in [2.05, 4.69) is 0 Å². The smallest absolute Gasteiger partial charge is 0.312 e. The largest absolute Gasteiger partial charge is 0.481 e. The molecule has 2 N–H and O–H groups in total. The van der Waals surface area contributed by atoms with Crippen molar-refractivity contribution in [3.63, 3.8) is 0 Å². The van der Waals surface area contributed by atoms with Crippen molar-refractivity contribution in [2.75, 3.05) is 13.1 Å². The van der Waals surface area contributed by atoms with Crippen LogP contribution in [0.4, 0.5) is 0 Å². The fraction of sp³-hybridized carbons (Fsp3) is 0.778. The minimum atomic E-state index is -1.13. The Hall–Kier alpha value is -1.10. The van der Waals surface area contributed by atoms with E-state index >= 15 is 0 Å². The first-order valence-electron chi connectivity index (χ1n) is 4.50. The molecular weight excluding hydrogens is 186 g/mol. The van der Waals surface area contributed by atoms with Crippen molar-refractivity contribution in [2.24, 2.45) is 5.41 Å². The van der Waals surface area contributed by atoms with Gasteiger partial charge in [-0.1, -0.05) is 13.8 Å². The summed E-state index contributed by atoms with van der Waals surface area (Å²) in [5, 5.41) is 18.0. The van der Waals surface area contributed by atoms with Gasteiger partial charge in [0.15, 0.2) is 0 Å². The van der Waals surface area contributed by atoms with Crippen LogP contribution in [0.3, 0.4) is 0 Å². The lowest BCUT2D eigenvalue weighted by molar-refractivity contribution is -0.144. The van der Waals surface area contributed by atoms with Crippen molar-refractivity contribution in [1.82, 2.24) is 4.90 Å². The number of carboxylic acid groups (broad SMARTS) is 1. The first-order chi connectivity index (χ1) is 6.33. The lowest BCUT2D eigenvalue weighted by Gasteiger charge is -2.20. The number of β-amino-alcohol motifs (C(OH)–C–C–N with tert-alkyl or cyclic N) is 1. The van der Waals surface area contributed by atoms with Gasteiger partial charge in [0, 0.05) is 18.5 Å². The van der Waals surface area contributed by atoms with Crippen molar-refractivity contribution in [2.45, 2.75) is 26.4 Å². The predicted octanol–water partition coefficient (Wildman–Crippen LogP) is -0.310. The molecule has 1 aliphatic heterocycles. The molecule has 1 unspecified atom stereocenters. The van der Waals surface area contributed by atoms with E-state index in [1.54, 1.807) is 0 Å². The molecule has 0 aromatic heterocycles. The molecule has 1 rings (SSSR count). The topological polar surface area (TPSA) is 77.8 Å². The Labute approximate surface area is 82.3 Å². The number of aliphatic hydroxyl groups excluding tert-OH is 1. The molecule has 1 saturated heterocycles. The molecule has 0 aromatic rings. The van der Waals surface area contributed by atoms with Crippen LogP contribution in [0.1, 0.15) is 20.3 Å². The average molecular weight is 201 g/mol. The van der Waals surface area contributed by atoms with Gasteiger partial charge < -0.3 is 15.1 Å². The summed E-state index contributed by atoms with van der Waals surface area (Å²) in [5.74, 6) is -1.56. The minimum Gasteiger partial charge on any atom is -0.481 e. The van der Waals surface area contributed by atoms with Crippen LogP contribution in [0.5, 0.6) is 0 Å². The van der Waals surface area contributed by atoms with Gasteiger partial charge in [-0.3, -0.25) is 9.59 Å². The normalized spacial score (nSPS) is 25.1. The van der Waals surface area contributed by atoms with E-state index in [0.29, 0.717) is 6.54 Å². The lowest BCUT2D eigenvalue weighted by Crippen LogP contribution is -2.31. The Morgan fingerprint density at radius 1 is 1.50 bits per heavy atom. The number of hydrogen-bond acceptors (Lipinski definition) is 3. The van der Waals surface area contributed by atoms with Crippen LogP contribution < -0.4 is 0 Å². The van der Waals surface area contributed by atoms with Crippen LogP contribution in [-0.2, 0) is 9.59 Å². The van der Waals surface area contributed by atoms with Gasteiger partial charge in [0.25, 0.3) is 0 Å². The highest BCUT2D eigenvalue weighted by Gasteiger charge is 2.40. The third kappa shape index (κ3) is 2.23. The second kappa shape index (κ2) is 3.57. The molecule has 0 aromatic carbocycles. The van der Waals surface area contributed by atoms with Crippen LogP contribution >= 0.6 is 0 Å². The van der Waals surface area contributed by atoms with E-state index in [0.717, 1.165) is 0 Å². The summed E-state index contributed by atoms with van der Waals surface area (Å²) in [6, 6.07) is 0. The second-order valence-corrected chi connectivity index (χ2v) is 4.35. The van der Waals surface area contributed by atoms with E-state index in [1.165, 1.54) is 4.90 Å². The highest BCUT2D eigenvalue weighted by atomic mass is 16.4. The zero-order valence-electron chi connectivity index (χ0n) is 8.36. The van der Waals surface area contributed by atoms with E-state index in [-0.39, 0.29) is 12.0 Å². The van der Waals surface area contributed by atoms with Gasteiger partial charge in [0.05, 0.1) is 6.10 Å². The van der Waals surface area contributed by atoms with Crippen molar-refractivity contribution in [3.8, 4) is 0 Å². The zero-order chi connectivity index (χ0) is 10.9. The number of aliphatic carboxylic acids is 1. The molecule has 1 atom stereocenters. The van der Waals surface area contributed by atoms with E-state index in [4.69, 9.17) is 5.11 Å². The second-order valence-electron chi connectivity index (χ2n) is 4.35. The van der Waals surface area contributed by atoms with Crippen molar-refractivity contribution in [1.29, 1.82) is 0 Å². The SMILES string of the molecule is CC1(C)CN(C(=O)CC(=O)O)CC1O. The molecule has 1 fully saturated rings. The molecule has 1 amide bonds. The predicted molar refractivity (Wildman–Crippen MR) is 48.6 cm³/mol. The summed E-state index contributed by atoms with van der Waals surface area (Å²) in [7, 11) is 0. The van der Waals surface area contributed by atoms with Crippen LogP contribution in [0.2, 0.25) is 0 Å².